The third-order valence-electron chi connectivity index (χ3n) is 8.02. The number of anilines is 1. The van der Waals surface area contributed by atoms with E-state index in [1.165, 1.54) is 11.8 Å². The third kappa shape index (κ3) is 3.25. The summed E-state index contributed by atoms with van der Waals surface area (Å²) in [6, 6.07) is 16.9. The number of hydrogen-bond acceptors (Lipinski definition) is 7. The zero-order valence-corrected chi connectivity index (χ0v) is 23.4. The summed E-state index contributed by atoms with van der Waals surface area (Å²) in [6.07, 6.45) is 3.44. The van der Waals surface area contributed by atoms with E-state index in [2.05, 4.69) is 4.98 Å². The number of fused-ring (bicyclic) bond motifs is 3. The number of thioether (sulfide) groups is 1. The number of ether oxygens (including phenoxy) is 1. The molecule has 3 aromatic rings. The Kier molecular flexibility index (Phi) is 6.03. The van der Waals surface area contributed by atoms with Gasteiger partial charge in [-0.2, -0.15) is 0 Å². The zero-order chi connectivity index (χ0) is 26.8. The van der Waals surface area contributed by atoms with Crippen LogP contribution >= 0.6 is 35.6 Å². The largest absolute Gasteiger partial charge is 0.497 e. The minimum absolute atomic E-state index is 0.163. The smallest absolute Gasteiger partial charge is 0.254 e. The van der Waals surface area contributed by atoms with Gasteiger partial charge in [0.25, 0.3) is 5.91 Å². The molecule has 10 heteroatoms. The summed E-state index contributed by atoms with van der Waals surface area (Å²) < 4.78 is 4.49. The van der Waals surface area contributed by atoms with Crippen molar-refractivity contribution in [1.29, 1.82) is 0 Å². The number of rotatable bonds is 4. The Morgan fingerprint density at radius 2 is 1.79 bits per heavy atom. The lowest BCUT2D eigenvalue weighted by Crippen LogP contribution is -2.62. The Hall–Kier alpha value is -2.98. The van der Waals surface area contributed by atoms with Gasteiger partial charge < -0.3 is 9.64 Å². The van der Waals surface area contributed by atoms with E-state index in [0.29, 0.717) is 22.4 Å². The highest BCUT2D eigenvalue weighted by molar-refractivity contribution is 8.25. The first kappa shape index (κ1) is 25.3. The fraction of sp³-hybridized carbons (Fsp3) is 0.286. The second kappa shape index (κ2) is 9.05. The molecule has 2 saturated heterocycles. The minimum Gasteiger partial charge on any atom is -0.497 e. The highest BCUT2D eigenvalue weighted by Gasteiger charge is 2.78. The van der Waals surface area contributed by atoms with Gasteiger partial charge in [0.15, 0.2) is 5.54 Å². The van der Waals surface area contributed by atoms with E-state index in [9.17, 15) is 9.59 Å². The zero-order valence-electron chi connectivity index (χ0n) is 21.1. The van der Waals surface area contributed by atoms with Crippen LogP contribution in [0.1, 0.15) is 22.6 Å². The molecule has 0 radical (unpaired) electrons. The van der Waals surface area contributed by atoms with Crippen molar-refractivity contribution in [3.63, 3.8) is 0 Å². The second-order valence-electron chi connectivity index (χ2n) is 9.79. The van der Waals surface area contributed by atoms with Gasteiger partial charge in [0.05, 0.1) is 13.7 Å². The van der Waals surface area contributed by atoms with E-state index >= 15 is 0 Å². The molecular weight excluding hydrogens is 540 g/mol. The summed E-state index contributed by atoms with van der Waals surface area (Å²) >= 11 is 13.7. The summed E-state index contributed by atoms with van der Waals surface area (Å²) in [5, 5.41) is 0.509. The topological polar surface area (TPSA) is 66.0 Å². The molecular formula is C28H25ClN4O3S2. The molecule has 0 unspecified atom stereocenters. The number of benzene rings is 2. The summed E-state index contributed by atoms with van der Waals surface area (Å²) in [4.78, 5) is 38.8. The van der Waals surface area contributed by atoms with Gasteiger partial charge in [-0.05, 0) is 60.6 Å². The van der Waals surface area contributed by atoms with Crippen LogP contribution in [0, 0.1) is 0 Å². The summed E-state index contributed by atoms with van der Waals surface area (Å²) in [5.41, 5.74) is 2.03. The van der Waals surface area contributed by atoms with Crippen LogP contribution in [-0.4, -0.2) is 63.4 Å². The van der Waals surface area contributed by atoms with Crippen LogP contribution in [0.4, 0.5) is 5.69 Å². The van der Waals surface area contributed by atoms with E-state index in [1.807, 2.05) is 60.5 Å². The maximum atomic E-state index is 14.9. The van der Waals surface area contributed by atoms with Crippen LogP contribution < -0.4 is 9.64 Å². The van der Waals surface area contributed by atoms with Crippen molar-refractivity contribution in [3.8, 4) is 5.75 Å². The van der Waals surface area contributed by atoms with E-state index in [0.717, 1.165) is 28.1 Å². The van der Waals surface area contributed by atoms with Gasteiger partial charge in [-0.1, -0.05) is 47.7 Å². The molecule has 3 aliphatic rings. The first-order valence-corrected chi connectivity index (χ1v) is 13.7. The Balaban J connectivity index is 1.56. The number of methoxy groups -OCH3 is 1. The Morgan fingerprint density at radius 1 is 1.08 bits per heavy atom. The third-order valence-corrected chi connectivity index (χ3v) is 10.2. The molecule has 3 atom stereocenters. The van der Waals surface area contributed by atoms with Crippen LogP contribution in [0.2, 0.25) is 5.02 Å². The fourth-order valence-corrected chi connectivity index (χ4v) is 8.61. The number of halogens is 1. The predicted molar refractivity (Wildman–Crippen MR) is 153 cm³/mol. The van der Waals surface area contributed by atoms with E-state index in [-0.39, 0.29) is 17.7 Å². The van der Waals surface area contributed by atoms with Gasteiger partial charge in [-0.25, -0.2) is 0 Å². The number of nitrogens with zero attached hydrogens (tertiary/aromatic N) is 4. The molecule has 3 aliphatic heterocycles. The number of aromatic nitrogens is 1. The van der Waals surface area contributed by atoms with Crippen LogP contribution in [0.15, 0.2) is 67.0 Å². The van der Waals surface area contributed by atoms with Crippen LogP contribution in [0.25, 0.3) is 0 Å². The van der Waals surface area contributed by atoms with Gasteiger partial charge in [0.2, 0.25) is 5.91 Å². The first-order chi connectivity index (χ1) is 18.3. The van der Waals surface area contributed by atoms with Gasteiger partial charge >= 0.3 is 0 Å². The first-order valence-electron chi connectivity index (χ1n) is 12.1. The SMILES string of the molecule is COc1ccc(CN2C(=O)[C@]3(SC2=S)[C@@H](c2ccncc2)CN(C)[C@]32C(=O)N(C)c3ccc(Cl)cc32)cc1. The highest BCUT2D eigenvalue weighted by atomic mass is 35.5. The van der Waals surface area contributed by atoms with Crippen molar-refractivity contribution in [2.45, 2.75) is 22.7 Å². The van der Waals surface area contributed by atoms with Crippen molar-refractivity contribution in [2.24, 2.45) is 0 Å². The van der Waals surface area contributed by atoms with Crippen LogP contribution in [0.3, 0.4) is 0 Å². The van der Waals surface area contributed by atoms with E-state index < -0.39 is 10.3 Å². The average Bonchev–Trinajstić information content (AvgIpc) is 3.43. The maximum Gasteiger partial charge on any atom is 0.254 e. The van der Waals surface area contributed by atoms with Crippen molar-refractivity contribution in [1.82, 2.24) is 14.8 Å². The fourth-order valence-electron chi connectivity index (χ4n) is 6.32. The number of likely N-dealkylation sites (tertiary alicyclic amines) is 1. The van der Waals surface area contributed by atoms with Gasteiger partial charge in [0.1, 0.15) is 14.8 Å². The number of pyridine rings is 1. The lowest BCUT2D eigenvalue weighted by atomic mass is 9.72. The lowest BCUT2D eigenvalue weighted by molar-refractivity contribution is -0.139. The Bertz CT molecular complexity index is 1470. The molecule has 7 nitrogen and oxygen atoms in total. The highest BCUT2D eigenvalue weighted by Crippen LogP contribution is 2.66. The molecule has 2 fully saturated rings. The molecule has 0 aliphatic carbocycles. The van der Waals surface area contributed by atoms with Gasteiger partial charge in [0, 0.05) is 48.2 Å². The summed E-state index contributed by atoms with van der Waals surface area (Å²) in [5.74, 6) is 0.0686. The molecule has 2 aromatic carbocycles. The van der Waals surface area contributed by atoms with E-state index in [4.69, 9.17) is 28.6 Å². The average molecular weight is 565 g/mol. The van der Waals surface area contributed by atoms with Crippen LogP contribution in [-0.2, 0) is 21.7 Å². The standard InChI is InChI=1S/C28H25ClN4O3S2/c1-31-16-22(18-10-12-30-13-11-18)28(27(31)21-14-19(29)6-9-23(21)32(2)24(27)34)25(35)33(26(37)38-28)15-17-4-7-20(36-3)8-5-17/h4-14,22H,15-16H2,1-3H3/t22-,27-,28-/m1/s1. The molecule has 0 bridgehead atoms. The second-order valence-corrected chi connectivity index (χ2v) is 12.1. The van der Waals surface area contributed by atoms with Crippen molar-refractivity contribution < 1.29 is 14.3 Å². The molecule has 0 N–H and O–H groups in total. The summed E-state index contributed by atoms with van der Waals surface area (Å²) in [6.45, 7) is 0.777. The van der Waals surface area contributed by atoms with Crippen molar-refractivity contribution >= 4 is 57.4 Å². The molecule has 2 spiro atoms. The van der Waals surface area contributed by atoms with E-state index in [1.54, 1.807) is 42.4 Å². The molecule has 4 heterocycles. The van der Waals surface area contributed by atoms with Gasteiger partial charge in [-0.3, -0.25) is 24.4 Å². The number of thiocarbonyl (C=S) groups is 1. The number of likely N-dealkylation sites (N-methyl/N-ethyl adjacent to an activating group) is 2. The maximum absolute atomic E-state index is 14.9. The number of hydrogen-bond donors (Lipinski definition) is 0. The normalized spacial score (nSPS) is 26.7. The molecule has 0 saturated carbocycles. The minimum atomic E-state index is -1.30. The van der Waals surface area contributed by atoms with Crippen molar-refractivity contribution in [2.75, 3.05) is 32.6 Å². The Labute approximate surface area is 235 Å². The van der Waals surface area contributed by atoms with Gasteiger partial charge in [-0.15, -0.1) is 0 Å². The molecule has 194 valence electrons. The predicted octanol–water partition coefficient (Wildman–Crippen LogP) is 4.44. The number of carbonyl (C=O) groups is 2. The lowest BCUT2D eigenvalue weighted by Gasteiger charge is -2.42. The Morgan fingerprint density at radius 3 is 2.47 bits per heavy atom. The van der Waals surface area contributed by atoms with Crippen molar-refractivity contribution in [3.05, 3.63) is 88.7 Å². The summed E-state index contributed by atoms with van der Waals surface area (Å²) in [7, 11) is 5.28. The molecule has 38 heavy (non-hydrogen) atoms. The quantitative estimate of drug-likeness (QED) is 0.434. The molecule has 2 amide bonds. The number of carbonyl (C=O) groups excluding carboxylic acids is 2. The number of amides is 2. The molecule has 1 aromatic heterocycles. The molecule has 6 rings (SSSR count). The van der Waals surface area contributed by atoms with Crippen LogP contribution in [0.5, 0.6) is 5.75 Å². The monoisotopic (exact) mass is 564 g/mol.